The van der Waals surface area contributed by atoms with E-state index in [9.17, 15) is 23.1 Å². The summed E-state index contributed by atoms with van der Waals surface area (Å²) >= 11 is 0. The van der Waals surface area contributed by atoms with Crippen molar-refractivity contribution in [3.05, 3.63) is 53.2 Å². The lowest BCUT2D eigenvalue weighted by Crippen LogP contribution is -2.39. The smallest absolute Gasteiger partial charge is 0.433 e. The zero-order valence-corrected chi connectivity index (χ0v) is 16.9. The molecule has 3 rings (SSSR count). The maximum absolute atomic E-state index is 13.0. The van der Waals surface area contributed by atoms with E-state index in [-0.39, 0.29) is 54.6 Å². The van der Waals surface area contributed by atoms with Gasteiger partial charge in [-0.15, -0.1) is 12.4 Å². The van der Waals surface area contributed by atoms with Gasteiger partial charge in [-0.1, -0.05) is 6.07 Å². The summed E-state index contributed by atoms with van der Waals surface area (Å²) in [6.45, 7) is 1.11. The van der Waals surface area contributed by atoms with Gasteiger partial charge < -0.3 is 20.5 Å². The highest BCUT2D eigenvalue weighted by Gasteiger charge is 2.33. The molecule has 1 amide bonds. The lowest BCUT2D eigenvalue weighted by atomic mass is 9.97. The van der Waals surface area contributed by atoms with Crippen molar-refractivity contribution in [2.45, 2.75) is 25.6 Å². The predicted octanol–water partition coefficient (Wildman–Crippen LogP) is 3.62. The summed E-state index contributed by atoms with van der Waals surface area (Å²) in [4.78, 5) is 17.9. The Morgan fingerprint density at radius 1 is 1.23 bits per heavy atom. The van der Waals surface area contributed by atoms with Gasteiger partial charge in [0.1, 0.15) is 11.4 Å². The molecule has 30 heavy (non-hydrogen) atoms. The van der Waals surface area contributed by atoms with Gasteiger partial charge in [-0.05, 0) is 48.6 Å². The quantitative estimate of drug-likeness (QED) is 0.733. The van der Waals surface area contributed by atoms with Crippen molar-refractivity contribution < 1.29 is 27.8 Å². The van der Waals surface area contributed by atoms with Gasteiger partial charge >= 0.3 is 6.18 Å². The molecule has 1 fully saturated rings. The minimum Gasteiger partial charge on any atom is -0.439 e. The Hall–Kier alpha value is -2.36. The molecule has 0 saturated carbocycles. The monoisotopic (exact) mass is 445 g/mol. The summed E-state index contributed by atoms with van der Waals surface area (Å²) in [5, 5.41) is 9.21. The van der Waals surface area contributed by atoms with E-state index in [2.05, 4.69) is 4.98 Å². The molecule has 1 aliphatic heterocycles. The van der Waals surface area contributed by atoms with Gasteiger partial charge in [-0.2, -0.15) is 13.2 Å². The van der Waals surface area contributed by atoms with Crippen LogP contribution in [0, 0.1) is 5.92 Å². The minimum atomic E-state index is -4.62. The second-order valence-corrected chi connectivity index (χ2v) is 6.95. The number of carbonyl (C=O) groups is 1. The average molecular weight is 446 g/mol. The Labute approximate surface area is 178 Å². The van der Waals surface area contributed by atoms with Crippen molar-refractivity contribution in [3.63, 3.8) is 0 Å². The molecule has 10 heteroatoms. The number of hydrogen-bond donors (Lipinski definition) is 2. The van der Waals surface area contributed by atoms with Gasteiger partial charge in [-0.25, -0.2) is 4.98 Å². The molecule has 0 bridgehead atoms. The number of aliphatic hydroxyl groups excluding tert-OH is 1. The molecule has 0 aliphatic carbocycles. The zero-order valence-electron chi connectivity index (χ0n) is 16.1. The second kappa shape index (κ2) is 10.1. The largest absolute Gasteiger partial charge is 0.439 e. The lowest BCUT2D eigenvalue weighted by molar-refractivity contribution is -0.141. The van der Waals surface area contributed by atoms with Gasteiger partial charge in [-0.3, -0.25) is 4.79 Å². The molecule has 0 spiro atoms. The van der Waals surface area contributed by atoms with E-state index < -0.39 is 11.9 Å². The van der Waals surface area contributed by atoms with Gasteiger partial charge in [0.15, 0.2) is 0 Å². The van der Waals surface area contributed by atoms with E-state index in [0.717, 1.165) is 18.9 Å². The number of nitrogens with two attached hydrogens (primary N) is 1. The molecule has 2 heterocycles. The molecule has 1 saturated heterocycles. The Balaban J connectivity index is 0.00000320. The van der Waals surface area contributed by atoms with E-state index in [1.807, 2.05) is 0 Å². The third-order valence-corrected chi connectivity index (χ3v) is 4.85. The fourth-order valence-electron chi connectivity index (χ4n) is 3.19. The molecule has 1 aromatic heterocycles. The topological polar surface area (TPSA) is 88.7 Å². The van der Waals surface area contributed by atoms with Crippen LogP contribution in [-0.4, -0.2) is 40.6 Å². The number of hydrogen-bond acceptors (Lipinski definition) is 5. The maximum atomic E-state index is 13.0. The lowest BCUT2D eigenvalue weighted by Gasteiger charge is -2.31. The van der Waals surface area contributed by atoms with E-state index in [0.29, 0.717) is 18.7 Å². The van der Waals surface area contributed by atoms with E-state index in [1.54, 1.807) is 23.1 Å². The number of nitrogens with zero attached hydrogens (tertiary/aromatic N) is 2. The molecule has 0 atom stereocenters. The Bertz CT molecular complexity index is 872. The van der Waals surface area contributed by atoms with Crippen LogP contribution in [-0.2, 0) is 12.7 Å². The highest BCUT2D eigenvalue weighted by Crippen LogP contribution is 2.31. The van der Waals surface area contributed by atoms with Crippen molar-refractivity contribution in [3.8, 4) is 11.6 Å². The van der Waals surface area contributed by atoms with Crippen LogP contribution in [0.25, 0.3) is 0 Å². The summed E-state index contributed by atoms with van der Waals surface area (Å²) in [7, 11) is 0. The Kier molecular flexibility index (Phi) is 8.05. The normalized spacial score (nSPS) is 14.9. The van der Waals surface area contributed by atoms with Crippen LogP contribution in [0.1, 0.15) is 34.5 Å². The predicted molar refractivity (Wildman–Crippen MR) is 107 cm³/mol. The number of benzene rings is 1. The second-order valence-electron chi connectivity index (χ2n) is 6.95. The molecular weight excluding hydrogens is 423 g/mol. The average Bonchev–Trinajstić information content (AvgIpc) is 2.72. The molecule has 6 nitrogen and oxygen atoms in total. The first kappa shape index (κ1) is 23.9. The third kappa shape index (κ3) is 5.84. The number of aliphatic hydroxyl groups is 1. The first-order chi connectivity index (χ1) is 13.8. The first-order valence-electron chi connectivity index (χ1n) is 9.26. The fourth-order valence-corrected chi connectivity index (χ4v) is 3.19. The summed E-state index contributed by atoms with van der Waals surface area (Å²) in [6, 6.07) is 8.45. The number of pyridine rings is 1. The first-order valence-corrected chi connectivity index (χ1v) is 9.26. The number of rotatable bonds is 5. The van der Waals surface area contributed by atoms with E-state index in [1.165, 1.54) is 12.1 Å². The minimum absolute atomic E-state index is 0. The summed E-state index contributed by atoms with van der Waals surface area (Å²) < 4.78 is 44.6. The number of piperidine rings is 1. The summed E-state index contributed by atoms with van der Waals surface area (Å²) in [6.07, 6.45) is -3.16. The molecular formula is C20H23ClF3N3O3. The summed E-state index contributed by atoms with van der Waals surface area (Å²) in [5.41, 5.74) is 4.99. The van der Waals surface area contributed by atoms with Gasteiger partial charge in [0.05, 0.1) is 0 Å². The molecule has 0 radical (unpaired) electrons. The molecule has 0 unspecified atom stereocenters. The van der Waals surface area contributed by atoms with E-state index in [4.69, 9.17) is 10.5 Å². The van der Waals surface area contributed by atoms with Gasteiger partial charge in [0, 0.05) is 37.9 Å². The third-order valence-electron chi connectivity index (χ3n) is 4.85. The van der Waals surface area contributed by atoms with Crippen LogP contribution in [0.2, 0.25) is 0 Å². The maximum Gasteiger partial charge on any atom is 0.433 e. The van der Waals surface area contributed by atoms with Crippen molar-refractivity contribution >= 4 is 18.3 Å². The number of ether oxygens (including phenoxy) is 1. The molecule has 3 N–H and O–H groups in total. The zero-order chi connectivity index (χ0) is 21.0. The van der Waals surface area contributed by atoms with Crippen LogP contribution >= 0.6 is 12.4 Å². The van der Waals surface area contributed by atoms with Crippen LogP contribution < -0.4 is 10.5 Å². The van der Waals surface area contributed by atoms with Crippen molar-refractivity contribution in [2.24, 2.45) is 11.7 Å². The van der Waals surface area contributed by atoms with Crippen LogP contribution in [0.3, 0.4) is 0 Å². The van der Waals surface area contributed by atoms with Crippen molar-refractivity contribution in [2.75, 3.05) is 19.7 Å². The molecule has 2 aromatic rings. The number of halogens is 4. The molecule has 1 aliphatic rings. The van der Waals surface area contributed by atoms with Gasteiger partial charge in [0.2, 0.25) is 5.88 Å². The highest BCUT2D eigenvalue weighted by atomic mass is 35.5. The SMILES string of the molecule is Cl.NCc1cc(Oc2cccc(C(=O)N3CCC(CO)CC3)c2)nc(C(F)(F)F)c1. The summed E-state index contributed by atoms with van der Waals surface area (Å²) in [5.74, 6) is -0.0199. The number of likely N-dealkylation sites (tertiary alicyclic amines) is 1. The highest BCUT2D eigenvalue weighted by molar-refractivity contribution is 5.94. The van der Waals surface area contributed by atoms with Crippen LogP contribution in [0.4, 0.5) is 13.2 Å². The Morgan fingerprint density at radius 3 is 2.53 bits per heavy atom. The molecule has 164 valence electrons. The van der Waals surface area contributed by atoms with Crippen LogP contribution in [0.5, 0.6) is 11.6 Å². The Morgan fingerprint density at radius 2 is 1.93 bits per heavy atom. The van der Waals surface area contributed by atoms with E-state index >= 15 is 0 Å². The molecule has 1 aromatic carbocycles. The van der Waals surface area contributed by atoms with Crippen molar-refractivity contribution in [1.82, 2.24) is 9.88 Å². The number of aromatic nitrogens is 1. The fraction of sp³-hybridized carbons (Fsp3) is 0.400. The standard InChI is InChI=1S/C20H22F3N3O3.ClH/c21-20(22,23)17-8-14(11-24)9-18(25-17)29-16-3-1-2-15(10-16)19(28)26-6-4-13(12-27)5-7-26;/h1-3,8-10,13,27H,4-7,11-12,24H2;1H. The van der Waals surface area contributed by atoms with Gasteiger partial charge in [0.25, 0.3) is 5.91 Å². The number of amides is 1. The number of alkyl halides is 3. The number of carbonyl (C=O) groups excluding carboxylic acids is 1. The van der Waals surface area contributed by atoms with Crippen molar-refractivity contribution in [1.29, 1.82) is 0 Å². The van der Waals surface area contributed by atoms with Crippen LogP contribution in [0.15, 0.2) is 36.4 Å².